The van der Waals surface area contributed by atoms with E-state index in [-0.39, 0.29) is 11.3 Å². The maximum Gasteiger partial charge on any atom is 0.422 e. The molecule has 1 aromatic heterocycles. The van der Waals surface area contributed by atoms with Crippen molar-refractivity contribution < 1.29 is 40.6 Å². The number of benzene rings is 1. The van der Waals surface area contributed by atoms with E-state index in [4.69, 9.17) is 4.74 Å². The van der Waals surface area contributed by atoms with E-state index in [0.29, 0.717) is 0 Å². The number of pyridine rings is 1. The van der Waals surface area contributed by atoms with Gasteiger partial charge in [0.15, 0.2) is 6.61 Å². The first-order valence-corrected chi connectivity index (χ1v) is 7.23. The van der Waals surface area contributed by atoms with Crippen LogP contribution in [0.3, 0.4) is 0 Å². The minimum atomic E-state index is -4.90. The molecule has 0 bridgehead atoms. The molecule has 0 N–H and O–H groups in total. The molecule has 1 amide bonds. The zero-order valence-corrected chi connectivity index (χ0v) is 13.9. The first kappa shape index (κ1) is 20.3. The van der Waals surface area contributed by atoms with Crippen molar-refractivity contribution in [3.8, 4) is 17.4 Å². The summed E-state index contributed by atoms with van der Waals surface area (Å²) in [6, 6.07) is 5.21. The lowest BCUT2D eigenvalue weighted by Gasteiger charge is -2.14. The molecule has 0 saturated carbocycles. The number of nitrogens with zero attached hydrogens (tertiary/aromatic N) is 2. The Kier molecular flexibility index (Phi) is 5.82. The number of hydrogen-bond acceptors (Lipinski definition) is 4. The molecule has 0 aliphatic rings. The summed E-state index contributed by atoms with van der Waals surface area (Å²) in [5, 5.41) is 0. The SMILES string of the molecule is CN(C)C(=O)c1cccc(Oc2nc(F)c(F)c(OCC(F)(F)F)c2F)c1. The first-order valence-electron chi connectivity index (χ1n) is 7.23. The molecule has 2 rings (SSSR count). The maximum absolute atomic E-state index is 14.2. The summed E-state index contributed by atoms with van der Waals surface area (Å²) >= 11 is 0. The number of carbonyl (C=O) groups excluding carboxylic acids is 1. The van der Waals surface area contributed by atoms with Crippen LogP contribution >= 0.6 is 0 Å². The Bertz CT molecular complexity index is 855. The molecule has 0 unspecified atom stereocenters. The van der Waals surface area contributed by atoms with Crippen LogP contribution in [0, 0.1) is 17.6 Å². The molecule has 1 heterocycles. The third kappa shape index (κ3) is 5.02. The standard InChI is InChI=1S/C16H12F6N2O3/c1-24(2)15(25)8-4-3-5-9(6-8)27-14-11(18)12(10(17)13(19)23-14)26-7-16(20,21)22/h3-6H,7H2,1-2H3. The van der Waals surface area contributed by atoms with Gasteiger partial charge in [-0.15, -0.1) is 0 Å². The summed E-state index contributed by atoms with van der Waals surface area (Å²) < 4.78 is 86.8. The molecule has 0 aliphatic carbocycles. The zero-order chi connectivity index (χ0) is 20.4. The fraction of sp³-hybridized carbons (Fsp3) is 0.250. The van der Waals surface area contributed by atoms with Crippen molar-refractivity contribution in [2.24, 2.45) is 0 Å². The van der Waals surface area contributed by atoms with Crippen molar-refractivity contribution in [2.75, 3.05) is 20.7 Å². The molecule has 0 atom stereocenters. The largest absolute Gasteiger partial charge is 0.478 e. The second-order valence-corrected chi connectivity index (χ2v) is 5.40. The van der Waals surface area contributed by atoms with Crippen LogP contribution in [0.25, 0.3) is 0 Å². The van der Waals surface area contributed by atoms with E-state index < -0.39 is 47.9 Å². The predicted octanol–water partition coefficient (Wildman–Crippen LogP) is 3.93. The van der Waals surface area contributed by atoms with Crippen molar-refractivity contribution in [1.29, 1.82) is 0 Å². The van der Waals surface area contributed by atoms with Gasteiger partial charge in [0.2, 0.25) is 17.4 Å². The smallest absolute Gasteiger partial charge is 0.422 e. The van der Waals surface area contributed by atoms with Crippen LogP contribution in [0.15, 0.2) is 24.3 Å². The van der Waals surface area contributed by atoms with Crippen molar-refractivity contribution >= 4 is 5.91 Å². The van der Waals surface area contributed by atoms with E-state index in [1.165, 1.54) is 43.3 Å². The van der Waals surface area contributed by atoms with Gasteiger partial charge in [-0.2, -0.15) is 31.3 Å². The molecule has 0 radical (unpaired) electrons. The third-order valence-electron chi connectivity index (χ3n) is 3.05. The van der Waals surface area contributed by atoms with E-state index in [9.17, 15) is 31.1 Å². The number of hydrogen-bond donors (Lipinski definition) is 0. The molecule has 0 fully saturated rings. The monoisotopic (exact) mass is 394 g/mol. The van der Waals surface area contributed by atoms with Crippen LogP contribution < -0.4 is 9.47 Å². The Labute approximate surface area is 149 Å². The van der Waals surface area contributed by atoms with Crippen molar-refractivity contribution in [3.05, 3.63) is 47.4 Å². The Morgan fingerprint density at radius 3 is 2.41 bits per heavy atom. The second-order valence-electron chi connectivity index (χ2n) is 5.40. The Balaban J connectivity index is 2.36. The summed E-state index contributed by atoms with van der Waals surface area (Å²) in [5.41, 5.74) is 0.133. The van der Waals surface area contributed by atoms with Crippen LogP contribution in [0.5, 0.6) is 17.4 Å². The first-order chi connectivity index (χ1) is 12.5. The fourth-order valence-corrected chi connectivity index (χ4v) is 1.89. The highest BCUT2D eigenvalue weighted by Gasteiger charge is 2.32. The van der Waals surface area contributed by atoms with Gasteiger partial charge in [-0.25, -0.2) is 0 Å². The van der Waals surface area contributed by atoms with Crippen molar-refractivity contribution in [1.82, 2.24) is 9.88 Å². The van der Waals surface area contributed by atoms with Crippen LogP contribution in [0.2, 0.25) is 0 Å². The Morgan fingerprint density at radius 2 is 1.81 bits per heavy atom. The van der Waals surface area contributed by atoms with Gasteiger partial charge in [0, 0.05) is 19.7 Å². The topological polar surface area (TPSA) is 51.7 Å². The minimum absolute atomic E-state index is 0.133. The number of halogens is 6. The molecule has 146 valence electrons. The molecular formula is C16H12F6N2O3. The highest BCUT2D eigenvalue weighted by molar-refractivity contribution is 5.94. The lowest BCUT2D eigenvalue weighted by molar-refractivity contribution is -0.154. The van der Waals surface area contributed by atoms with Gasteiger partial charge in [-0.05, 0) is 18.2 Å². The van der Waals surface area contributed by atoms with Crippen LogP contribution in [0.1, 0.15) is 10.4 Å². The molecule has 1 aromatic carbocycles. The van der Waals surface area contributed by atoms with Crippen LogP contribution in [0.4, 0.5) is 26.3 Å². The molecule has 27 heavy (non-hydrogen) atoms. The number of alkyl halides is 3. The lowest BCUT2D eigenvalue weighted by atomic mass is 10.2. The summed E-state index contributed by atoms with van der Waals surface area (Å²) in [7, 11) is 2.97. The molecule has 0 aliphatic heterocycles. The average molecular weight is 394 g/mol. The summed E-state index contributed by atoms with van der Waals surface area (Å²) in [6.07, 6.45) is -4.90. The van der Waals surface area contributed by atoms with Crippen molar-refractivity contribution in [2.45, 2.75) is 6.18 Å². The summed E-state index contributed by atoms with van der Waals surface area (Å²) in [4.78, 5) is 16.0. The van der Waals surface area contributed by atoms with Crippen molar-refractivity contribution in [3.63, 3.8) is 0 Å². The van der Waals surface area contributed by atoms with E-state index >= 15 is 0 Å². The molecule has 0 spiro atoms. The highest BCUT2D eigenvalue weighted by Crippen LogP contribution is 2.33. The average Bonchev–Trinajstić information content (AvgIpc) is 2.58. The highest BCUT2D eigenvalue weighted by atomic mass is 19.4. The van der Waals surface area contributed by atoms with E-state index in [0.717, 1.165) is 0 Å². The molecule has 0 saturated heterocycles. The zero-order valence-electron chi connectivity index (χ0n) is 13.9. The molecule has 11 heteroatoms. The lowest BCUT2D eigenvalue weighted by Crippen LogP contribution is -2.21. The van der Waals surface area contributed by atoms with Crippen LogP contribution in [-0.2, 0) is 0 Å². The van der Waals surface area contributed by atoms with Gasteiger partial charge in [-0.3, -0.25) is 4.79 Å². The normalized spacial score (nSPS) is 11.3. The number of rotatable bonds is 5. The number of ether oxygens (including phenoxy) is 2. The third-order valence-corrected chi connectivity index (χ3v) is 3.05. The number of carbonyl (C=O) groups is 1. The maximum atomic E-state index is 14.2. The Hall–Kier alpha value is -2.98. The molecule has 5 nitrogen and oxygen atoms in total. The number of amides is 1. The molecule has 2 aromatic rings. The summed E-state index contributed by atoms with van der Waals surface area (Å²) in [5.74, 6) is -9.07. The van der Waals surface area contributed by atoms with Gasteiger partial charge < -0.3 is 14.4 Å². The van der Waals surface area contributed by atoms with E-state index in [1.54, 1.807) is 0 Å². The van der Waals surface area contributed by atoms with Gasteiger partial charge >= 0.3 is 6.18 Å². The summed E-state index contributed by atoms with van der Waals surface area (Å²) in [6.45, 7) is -2.05. The quantitative estimate of drug-likeness (QED) is 0.570. The number of aromatic nitrogens is 1. The van der Waals surface area contributed by atoms with Gasteiger partial charge in [-0.1, -0.05) is 6.07 Å². The van der Waals surface area contributed by atoms with Crippen LogP contribution in [-0.4, -0.2) is 42.7 Å². The van der Waals surface area contributed by atoms with Gasteiger partial charge in [0.1, 0.15) is 5.75 Å². The van der Waals surface area contributed by atoms with Gasteiger partial charge in [0.25, 0.3) is 17.7 Å². The second kappa shape index (κ2) is 7.72. The van der Waals surface area contributed by atoms with Gasteiger partial charge in [0.05, 0.1) is 0 Å². The van der Waals surface area contributed by atoms with E-state index in [1.807, 2.05) is 0 Å². The molecular weight excluding hydrogens is 382 g/mol. The fourth-order valence-electron chi connectivity index (χ4n) is 1.89. The predicted molar refractivity (Wildman–Crippen MR) is 80.2 cm³/mol. The minimum Gasteiger partial charge on any atom is -0.478 e. The van der Waals surface area contributed by atoms with E-state index in [2.05, 4.69) is 9.72 Å². The Morgan fingerprint density at radius 1 is 1.15 bits per heavy atom.